The zero-order valence-electron chi connectivity index (χ0n) is 12.4. The van der Waals surface area contributed by atoms with E-state index in [1.165, 1.54) is 4.90 Å². The van der Waals surface area contributed by atoms with Crippen LogP contribution in [0, 0.1) is 5.92 Å². The van der Waals surface area contributed by atoms with E-state index in [1.807, 2.05) is 0 Å². The van der Waals surface area contributed by atoms with Gasteiger partial charge in [-0.1, -0.05) is 6.92 Å². The average molecular weight is 283 g/mol. The van der Waals surface area contributed by atoms with Gasteiger partial charge in [-0.25, -0.2) is 9.59 Å². The number of carbonyl (C=O) groups is 2. The minimum atomic E-state index is -1.05. The Kier molecular flexibility index (Phi) is 4.52. The summed E-state index contributed by atoms with van der Waals surface area (Å²) in [6.45, 7) is 8.11. The number of aliphatic carboxylic acids is 1. The third-order valence-corrected chi connectivity index (χ3v) is 4.71. The van der Waals surface area contributed by atoms with Crippen LogP contribution in [0.1, 0.15) is 33.1 Å². The molecule has 2 aliphatic rings. The minimum Gasteiger partial charge on any atom is -0.480 e. The summed E-state index contributed by atoms with van der Waals surface area (Å²) in [7, 11) is 0. The molecule has 2 aliphatic heterocycles. The van der Waals surface area contributed by atoms with Crippen molar-refractivity contribution in [2.45, 2.75) is 38.6 Å². The van der Waals surface area contributed by atoms with E-state index < -0.39 is 11.5 Å². The quantitative estimate of drug-likeness (QED) is 0.806. The number of hydrogen-bond acceptors (Lipinski definition) is 3. The normalized spacial score (nSPS) is 30.7. The van der Waals surface area contributed by atoms with Crippen LogP contribution in [0.5, 0.6) is 0 Å². The van der Waals surface area contributed by atoms with Gasteiger partial charge in [-0.15, -0.1) is 0 Å². The standard InChI is InChI=1S/C14H25N3O3/c1-3-16-8-5-11(10-16)9-15-13(20)17-7-4-6-14(17,2)12(18)19/h11H,3-10H2,1-2H3,(H,15,20)(H,18,19). The fourth-order valence-corrected chi connectivity index (χ4v) is 3.20. The monoisotopic (exact) mass is 283 g/mol. The van der Waals surface area contributed by atoms with Crippen LogP contribution >= 0.6 is 0 Å². The molecule has 20 heavy (non-hydrogen) atoms. The van der Waals surface area contributed by atoms with Crippen LogP contribution in [0.25, 0.3) is 0 Å². The van der Waals surface area contributed by atoms with E-state index in [9.17, 15) is 14.7 Å². The van der Waals surface area contributed by atoms with Crippen LogP contribution in [0.4, 0.5) is 4.79 Å². The summed E-state index contributed by atoms with van der Waals surface area (Å²) < 4.78 is 0. The van der Waals surface area contributed by atoms with E-state index >= 15 is 0 Å². The summed E-state index contributed by atoms with van der Waals surface area (Å²) in [6, 6.07) is -0.234. The molecule has 0 aromatic carbocycles. The first-order chi connectivity index (χ1) is 9.47. The number of hydrogen-bond donors (Lipinski definition) is 2. The van der Waals surface area contributed by atoms with Gasteiger partial charge < -0.3 is 20.2 Å². The van der Waals surface area contributed by atoms with Gasteiger partial charge >= 0.3 is 12.0 Å². The van der Waals surface area contributed by atoms with Crippen molar-refractivity contribution in [2.24, 2.45) is 5.92 Å². The van der Waals surface area contributed by atoms with Gasteiger partial charge in [0.15, 0.2) is 0 Å². The molecule has 2 unspecified atom stereocenters. The Balaban J connectivity index is 1.84. The minimum absolute atomic E-state index is 0.234. The van der Waals surface area contributed by atoms with E-state index in [0.29, 0.717) is 25.4 Å². The van der Waals surface area contributed by atoms with Gasteiger partial charge in [0.05, 0.1) is 0 Å². The number of nitrogens with one attached hydrogen (secondary N) is 1. The maximum Gasteiger partial charge on any atom is 0.329 e. The number of carboxylic acid groups (broad SMARTS) is 1. The Bertz CT molecular complexity index is 388. The van der Waals surface area contributed by atoms with E-state index in [0.717, 1.165) is 32.5 Å². The third-order valence-electron chi connectivity index (χ3n) is 4.71. The summed E-state index contributed by atoms with van der Waals surface area (Å²) in [4.78, 5) is 27.4. The summed E-state index contributed by atoms with van der Waals surface area (Å²) >= 11 is 0. The smallest absolute Gasteiger partial charge is 0.329 e. The Morgan fingerprint density at radius 2 is 2.15 bits per heavy atom. The van der Waals surface area contributed by atoms with E-state index in [2.05, 4.69) is 17.1 Å². The van der Waals surface area contributed by atoms with Crippen molar-refractivity contribution in [3.8, 4) is 0 Å². The number of likely N-dealkylation sites (tertiary alicyclic amines) is 2. The van der Waals surface area contributed by atoms with Crippen LogP contribution < -0.4 is 5.32 Å². The van der Waals surface area contributed by atoms with Gasteiger partial charge in [0.1, 0.15) is 5.54 Å². The number of urea groups is 1. The second-order valence-corrected chi connectivity index (χ2v) is 6.07. The average Bonchev–Trinajstić information content (AvgIpc) is 3.03. The Hall–Kier alpha value is -1.30. The second-order valence-electron chi connectivity index (χ2n) is 6.07. The lowest BCUT2D eigenvalue weighted by Gasteiger charge is -2.31. The lowest BCUT2D eigenvalue weighted by Crippen LogP contribution is -2.54. The van der Waals surface area contributed by atoms with Crippen LogP contribution in [-0.2, 0) is 4.79 Å². The molecule has 0 aromatic rings. The fraction of sp³-hybridized carbons (Fsp3) is 0.857. The maximum atomic E-state index is 12.2. The van der Waals surface area contributed by atoms with Crippen molar-refractivity contribution in [3.63, 3.8) is 0 Å². The van der Waals surface area contributed by atoms with Crippen LogP contribution in [-0.4, -0.2) is 65.2 Å². The molecule has 6 heteroatoms. The van der Waals surface area contributed by atoms with Gasteiger partial charge in [0.25, 0.3) is 0 Å². The molecule has 2 saturated heterocycles. The molecule has 0 bridgehead atoms. The molecule has 0 aromatic heterocycles. The van der Waals surface area contributed by atoms with Crippen molar-refractivity contribution < 1.29 is 14.7 Å². The molecular weight excluding hydrogens is 258 g/mol. The number of carbonyl (C=O) groups excluding carboxylic acids is 1. The summed E-state index contributed by atoms with van der Waals surface area (Å²) in [5, 5.41) is 12.2. The lowest BCUT2D eigenvalue weighted by molar-refractivity contribution is -0.147. The van der Waals surface area contributed by atoms with E-state index in [1.54, 1.807) is 6.92 Å². The van der Waals surface area contributed by atoms with Gasteiger partial charge in [-0.3, -0.25) is 0 Å². The van der Waals surface area contributed by atoms with Crippen LogP contribution in [0.15, 0.2) is 0 Å². The first-order valence-corrected chi connectivity index (χ1v) is 7.48. The highest BCUT2D eigenvalue weighted by Crippen LogP contribution is 2.29. The van der Waals surface area contributed by atoms with Gasteiger partial charge in [-0.2, -0.15) is 0 Å². The van der Waals surface area contributed by atoms with Gasteiger partial charge in [0.2, 0.25) is 0 Å². The van der Waals surface area contributed by atoms with Crippen molar-refractivity contribution in [1.82, 2.24) is 15.1 Å². The number of rotatable bonds is 4. The number of amides is 2. The molecular formula is C14H25N3O3. The zero-order chi connectivity index (χ0) is 14.8. The Morgan fingerprint density at radius 3 is 2.75 bits per heavy atom. The van der Waals surface area contributed by atoms with E-state index in [4.69, 9.17) is 0 Å². The number of carboxylic acids is 1. The Morgan fingerprint density at radius 1 is 1.40 bits per heavy atom. The third kappa shape index (κ3) is 2.90. The second kappa shape index (κ2) is 5.99. The fourth-order valence-electron chi connectivity index (χ4n) is 3.20. The highest BCUT2D eigenvalue weighted by atomic mass is 16.4. The molecule has 2 N–H and O–H groups in total. The Labute approximate surface area is 120 Å². The van der Waals surface area contributed by atoms with E-state index in [-0.39, 0.29) is 6.03 Å². The summed E-state index contributed by atoms with van der Waals surface area (Å²) in [5.41, 5.74) is -1.05. The van der Waals surface area contributed by atoms with Gasteiger partial charge in [-0.05, 0) is 45.2 Å². The first-order valence-electron chi connectivity index (χ1n) is 7.48. The first kappa shape index (κ1) is 15.1. The molecule has 0 spiro atoms. The molecule has 2 atom stereocenters. The molecule has 0 saturated carbocycles. The SMILES string of the molecule is CCN1CCC(CNC(=O)N2CCCC2(C)C(=O)O)C1. The molecule has 2 amide bonds. The van der Waals surface area contributed by atoms with Crippen molar-refractivity contribution >= 4 is 12.0 Å². The predicted octanol–water partition coefficient (Wildman–Crippen LogP) is 0.977. The van der Waals surface area contributed by atoms with Gasteiger partial charge in [0, 0.05) is 19.6 Å². The lowest BCUT2D eigenvalue weighted by atomic mass is 10.00. The zero-order valence-corrected chi connectivity index (χ0v) is 12.4. The molecule has 0 radical (unpaired) electrons. The molecule has 2 fully saturated rings. The highest BCUT2D eigenvalue weighted by Gasteiger charge is 2.46. The summed E-state index contributed by atoms with van der Waals surface area (Å²) in [5.74, 6) is -0.430. The van der Waals surface area contributed by atoms with Crippen molar-refractivity contribution in [2.75, 3.05) is 32.7 Å². The maximum absolute atomic E-state index is 12.2. The number of nitrogens with zero attached hydrogens (tertiary/aromatic N) is 2. The molecule has 6 nitrogen and oxygen atoms in total. The van der Waals surface area contributed by atoms with Crippen molar-refractivity contribution in [1.29, 1.82) is 0 Å². The largest absolute Gasteiger partial charge is 0.480 e. The molecule has 2 rings (SSSR count). The highest BCUT2D eigenvalue weighted by molar-refractivity contribution is 5.86. The molecule has 114 valence electrons. The van der Waals surface area contributed by atoms with Crippen LogP contribution in [0.2, 0.25) is 0 Å². The molecule has 2 heterocycles. The predicted molar refractivity (Wildman–Crippen MR) is 75.6 cm³/mol. The topological polar surface area (TPSA) is 72.9 Å². The molecule has 0 aliphatic carbocycles. The summed E-state index contributed by atoms with van der Waals surface area (Å²) in [6.07, 6.45) is 2.39. The van der Waals surface area contributed by atoms with Crippen LogP contribution in [0.3, 0.4) is 0 Å². The van der Waals surface area contributed by atoms with Crippen molar-refractivity contribution in [3.05, 3.63) is 0 Å².